The van der Waals surface area contributed by atoms with Crippen molar-refractivity contribution in [3.8, 4) is 0 Å². The summed E-state index contributed by atoms with van der Waals surface area (Å²) in [4.78, 5) is 37.6. The van der Waals surface area contributed by atoms with E-state index in [2.05, 4.69) is 12.2 Å². The minimum absolute atomic E-state index is 0.180. The van der Waals surface area contributed by atoms with Gasteiger partial charge in [0.1, 0.15) is 6.54 Å². The topological polar surface area (TPSA) is 75.7 Å². The fourth-order valence-electron chi connectivity index (χ4n) is 2.84. The van der Waals surface area contributed by atoms with E-state index in [1.807, 2.05) is 19.9 Å². The first-order valence-corrected chi connectivity index (χ1v) is 8.65. The first-order chi connectivity index (χ1) is 11.9. The molecule has 0 aromatic heterocycles. The van der Waals surface area contributed by atoms with E-state index < -0.39 is 5.97 Å². The zero-order valence-electron chi connectivity index (χ0n) is 15.1. The summed E-state index contributed by atoms with van der Waals surface area (Å²) in [6.07, 6.45) is 2.10. The summed E-state index contributed by atoms with van der Waals surface area (Å²) in [5.74, 6) is -0.655. The molecule has 136 valence electrons. The summed E-state index contributed by atoms with van der Waals surface area (Å²) >= 11 is 0. The predicted octanol–water partition coefficient (Wildman–Crippen LogP) is 1.83. The quantitative estimate of drug-likeness (QED) is 0.826. The lowest BCUT2D eigenvalue weighted by Crippen LogP contribution is -2.42. The fraction of sp³-hybridized carbons (Fsp3) is 0.526. The number of carbonyl (C=O) groups excluding carboxylic acids is 3. The lowest BCUT2D eigenvalue weighted by atomic mass is 10.0. The van der Waals surface area contributed by atoms with Crippen LogP contribution in [-0.4, -0.2) is 48.9 Å². The molecule has 0 saturated carbocycles. The number of likely N-dealkylation sites (tertiary alicyclic amines) is 1. The number of benzene rings is 1. The number of nitrogens with one attached hydrogen (secondary N) is 1. The Morgan fingerprint density at radius 2 is 2.00 bits per heavy atom. The average Bonchev–Trinajstić information content (AvgIpc) is 2.59. The van der Waals surface area contributed by atoms with E-state index in [9.17, 15) is 14.4 Å². The second kappa shape index (κ2) is 8.65. The third kappa shape index (κ3) is 5.59. The maximum atomic E-state index is 12.0. The summed E-state index contributed by atoms with van der Waals surface area (Å²) in [6.45, 7) is 6.89. The number of carbonyl (C=O) groups is 3. The number of hydrogen-bond acceptors (Lipinski definition) is 4. The van der Waals surface area contributed by atoms with Crippen LogP contribution in [0.5, 0.6) is 0 Å². The van der Waals surface area contributed by atoms with E-state index in [1.54, 1.807) is 17.0 Å². The van der Waals surface area contributed by atoms with Gasteiger partial charge in [0.2, 0.25) is 0 Å². The molecule has 25 heavy (non-hydrogen) atoms. The van der Waals surface area contributed by atoms with E-state index in [1.165, 1.54) is 0 Å². The molecule has 2 amide bonds. The lowest BCUT2D eigenvalue weighted by molar-refractivity contribution is -0.151. The van der Waals surface area contributed by atoms with Gasteiger partial charge in [-0.3, -0.25) is 14.4 Å². The normalized spacial score (nSPS) is 17.1. The van der Waals surface area contributed by atoms with E-state index in [0.29, 0.717) is 24.6 Å². The van der Waals surface area contributed by atoms with E-state index in [0.717, 1.165) is 24.0 Å². The van der Waals surface area contributed by atoms with Crippen LogP contribution in [0.25, 0.3) is 0 Å². The molecule has 0 radical (unpaired) electrons. The van der Waals surface area contributed by atoms with Crippen molar-refractivity contribution in [3.63, 3.8) is 0 Å². The summed E-state index contributed by atoms with van der Waals surface area (Å²) in [5, 5.41) is 2.52. The van der Waals surface area contributed by atoms with Crippen molar-refractivity contribution >= 4 is 17.8 Å². The summed E-state index contributed by atoms with van der Waals surface area (Å²) in [5.41, 5.74) is 2.60. The third-order valence-corrected chi connectivity index (χ3v) is 4.53. The highest BCUT2D eigenvalue weighted by Crippen LogP contribution is 2.15. The predicted molar refractivity (Wildman–Crippen MR) is 94.2 cm³/mol. The number of nitrogens with zero attached hydrogens (tertiary/aromatic N) is 1. The number of ether oxygens (including phenoxy) is 1. The zero-order valence-corrected chi connectivity index (χ0v) is 15.1. The molecule has 1 saturated heterocycles. The number of amides is 2. The van der Waals surface area contributed by atoms with Gasteiger partial charge in [0.15, 0.2) is 6.61 Å². The van der Waals surface area contributed by atoms with Gasteiger partial charge in [-0.05, 0) is 55.9 Å². The fourth-order valence-corrected chi connectivity index (χ4v) is 2.84. The van der Waals surface area contributed by atoms with E-state index >= 15 is 0 Å². The Bertz CT molecular complexity index is 657. The summed E-state index contributed by atoms with van der Waals surface area (Å²) < 4.78 is 4.98. The van der Waals surface area contributed by atoms with Crippen molar-refractivity contribution in [2.45, 2.75) is 33.6 Å². The standard InChI is InChI=1S/C19H26N2O4/c1-13-5-4-8-21(11-13)17(22)12-25-18(23)10-20-19(24)16-7-6-14(2)15(3)9-16/h6-7,9,13H,4-5,8,10-12H2,1-3H3,(H,20,24)/t13-/m1/s1. The van der Waals surface area contributed by atoms with Crippen LogP contribution >= 0.6 is 0 Å². The first kappa shape index (κ1) is 19.0. The average molecular weight is 346 g/mol. The Hall–Kier alpha value is -2.37. The largest absolute Gasteiger partial charge is 0.454 e. The molecule has 0 unspecified atom stereocenters. The van der Waals surface area contributed by atoms with Gasteiger partial charge in [-0.15, -0.1) is 0 Å². The third-order valence-electron chi connectivity index (χ3n) is 4.53. The van der Waals surface area contributed by atoms with Crippen LogP contribution in [0.15, 0.2) is 18.2 Å². The van der Waals surface area contributed by atoms with Crippen LogP contribution in [0.4, 0.5) is 0 Å². The molecule has 0 spiro atoms. The van der Waals surface area contributed by atoms with Crippen LogP contribution in [0.3, 0.4) is 0 Å². The van der Waals surface area contributed by atoms with Crippen molar-refractivity contribution < 1.29 is 19.1 Å². The molecular weight excluding hydrogens is 320 g/mol. The van der Waals surface area contributed by atoms with Crippen LogP contribution in [-0.2, 0) is 14.3 Å². The number of hydrogen-bond donors (Lipinski definition) is 1. The maximum absolute atomic E-state index is 12.0. The Kier molecular flexibility index (Phi) is 6.56. The van der Waals surface area contributed by atoms with Gasteiger partial charge < -0.3 is 15.0 Å². The molecule has 1 aliphatic rings. The summed E-state index contributed by atoms with van der Waals surface area (Å²) in [7, 11) is 0. The van der Waals surface area contributed by atoms with Gasteiger partial charge in [0.25, 0.3) is 11.8 Å². The van der Waals surface area contributed by atoms with Gasteiger partial charge in [0, 0.05) is 18.7 Å². The highest BCUT2D eigenvalue weighted by molar-refractivity contribution is 5.96. The lowest BCUT2D eigenvalue weighted by Gasteiger charge is -2.30. The molecule has 1 aliphatic heterocycles. The molecule has 1 aromatic carbocycles. The van der Waals surface area contributed by atoms with Gasteiger partial charge in [-0.1, -0.05) is 13.0 Å². The molecule has 1 atom stereocenters. The maximum Gasteiger partial charge on any atom is 0.325 e. The Morgan fingerprint density at radius 1 is 1.24 bits per heavy atom. The van der Waals surface area contributed by atoms with Crippen molar-refractivity contribution in [1.29, 1.82) is 0 Å². The Labute approximate surface area is 148 Å². The molecule has 6 heteroatoms. The molecule has 1 fully saturated rings. The highest BCUT2D eigenvalue weighted by Gasteiger charge is 2.21. The van der Waals surface area contributed by atoms with Gasteiger partial charge in [0.05, 0.1) is 0 Å². The minimum Gasteiger partial charge on any atom is -0.454 e. The van der Waals surface area contributed by atoms with Crippen LogP contribution in [0.2, 0.25) is 0 Å². The van der Waals surface area contributed by atoms with Gasteiger partial charge in [-0.2, -0.15) is 0 Å². The molecule has 2 rings (SSSR count). The van der Waals surface area contributed by atoms with Crippen molar-refractivity contribution in [2.75, 3.05) is 26.2 Å². The van der Waals surface area contributed by atoms with E-state index in [-0.39, 0.29) is 25.0 Å². The molecule has 0 bridgehead atoms. The molecule has 6 nitrogen and oxygen atoms in total. The molecule has 1 heterocycles. The number of piperidine rings is 1. The highest BCUT2D eigenvalue weighted by atomic mass is 16.5. The number of rotatable bonds is 5. The number of aryl methyl sites for hydroxylation is 2. The van der Waals surface area contributed by atoms with Gasteiger partial charge in [-0.25, -0.2) is 0 Å². The molecular formula is C19H26N2O4. The zero-order chi connectivity index (χ0) is 18.4. The van der Waals surface area contributed by atoms with Crippen LogP contribution < -0.4 is 5.32 Å². The van der Waals surface area contributed by atoms with E-state index in [4.69, 9.17) is 4.74 Å². The second-order valence-electron chi connectivity index (χ2n) is 6.73. The Balaban J connectivity index is 1.73. The smallest absolute Gasteiger partial charge is 0.325 e. The Morgan fingerprint density at radius 3 is 2.68 bits per heavy atom. The minimum atomic E-state index is -0.615. The van der Waals surface area contributed by atoms with Crippen molar-refractivity contribution in [3.05, 3.63) is 34.9 Å². The molecule has 0 aliphatic carbocycles. The second-order valence-corrected chi connectivity index (χ2v) is 6.73. The summed E-state index contributed by atoms with van der Waals surface area (Å²) in [6, 6.07) is 5.35. The van der Waals surface area contributed by atoms with Crippen molar-refractivity contribution in [1.82, 2.24) is 10.2 Å². The van der Waals surface area contributed by atoms with Crippen LogP contribution in [0.1, 0.15) is 41.3 Å². The number of esters is 1. The monoisotopic (exact) mass is 346 g/mol. The SMILES string of the molecule is Cc1ccc(C(=O)NCC(=O)OCC(=O)N2CCC[C@@H](C)C2)cc1C. The van der Waals surface area contributed by atoms with Crippen LogP contribution in [0, 0.1) is 19.8 Å². The van der Waals surface area contributed by atoms with Crippen molar-refractivity contribution in [2.24, 2.45) is 5.92 Å². The van der Waals surface area contributed by atoms with Gasteiger partial charge >= 0.3 is 5.97 Å². The molecule has 1 aromatic rings. The molecule has 1 N–H and O–H groups in total. The first-order valence-electron chi connectivity index (χ1n) is 8.65.